The fourth-order valence-electron chi connectivity index (χ4n) is 4.95. The zero-order valence-corrected chi connectivity index (χ0v) is 19.0. The largest absolute Gasteiger partial charge is 0.482 e. The number of fused-ring (bicyclic) bond motifs is 1. The van der Waals surface area contributed by atoms with Crippen LogP contribution in [0.3, 0.4) is 0 Å². The van der Waals surface area contributed by atoms with Gasteiger partial charge in [0, 0.05) is 29.8 Å². The Morgan fingerprint density at radius 3 is 2.79 bits per heavy atom. The van der Waals surface area contributed by atoms with Crippen LogP contribution in [0.4, 0.5) is 0 Å². The summed E-state index contributed by atoms with van der Waals surface area (Å²) in [6.07, 6.45) is 17.0. The van der Waals surface area contributed by atoms with Gasteiger partial charge in [-0.25, -0.2) is 4.79 Å². The van der Waals surface area contributed by atoms with E-state index < -0.39 is 5.97 Å². The number of aliphatic carboxylic acids is 1. The summed E-state index contributed by atoms with van der Waals surface area (Å²) in [5.41, 5.74) is 4.39. The topological polar surface area (TPSA) is 81.0 Å². The Bertz CT molecular complexity index is 981. The van der Waals surface area contributed by atoms with Gasteiger partial charge in [-0.2, -0.15) is 0 Å². The van der Waals surface area contributed by atoms with Gasteiger partial charge < -0.3 is 14.7 Å². The third kappa shape index (κ3) is 6.21. The predicted molar refractivity (Wildman–Crippen MR) is 128 cm³/mol. The molecular weight excluding hydrogens is 416 g/mol. The molecule has 2 aliphatic rings. The van der Waals surface area contributed by atoms with Crippen molar-refractivity contribution < 1.29 is 19.5 Å². The van der Waals surface area contributed by atoms with Gasteiger partial charge >= 0.3 is 5.97 Å². The molecule has 1 atom stereocenters. The maximum atomic E-state index is 10.9. The number of carbonyl (C=O) groups is 1. The third-order valence-corrected chi connectivity index (χ3v) is 6.51. The molecule has 33 heavy (non-hydrogen) atoms. The Balaban J connectivity index is 1.41. The molecule has 1 unspecified atom stereocenters. The maximum absolute atomic E-state index is 10.9. The molecular formula is C27H32N2O4. The lowest BCUT2D eigenvalue weighted by Gasteiger charge is -2.25. The Hall–Kier alpha value is -3.15. The molecule has 0 spiro atoms. The van der Waals surface area contributed by atoms with Crippen LogP contribution in [0, 0.1) is 5.92 Å². The van der Waals surface area contributed by atoms with E-state index in [1.54, 1.807) is 6.20 Å². The predicted octanol–water partition coefficient (Wildman–Crippen LogP) is 5.52. The molecule has 1 fully saturated rings. The number of carboxylic acid groups (broad SMARTS) is 1. The second-order valence-electron chi connectivity index (χ2n) is 8.78. The first-order valence-electron chi connectivity index (χ1n) is 12.0. The van der Waals surface area contributed by atoms with Crippen molar-refractivity contribution >= 4 is 11.7 Å². The first-order chi connectivity index (χ1) is 16.2. The van der Waals surface area contributed by atoms with Gasteiger partial charge in [-0.3, -0.25) is 4.98 Å². The zero-order valence-electron chi connectivity index (χ0n) is 19.0. The summed E-state index contributed by atoms with van der Waals surface area (Å²) < 4.78 is 5.51. The molecule has 1 aromatic heterocycles. The number of oxime groups is 1. The van der Waals surface area contributed by atoms with E-state index in [-0.39, 0.29) is 12.5 Å². The van der Waals surface area contributed by atoms with Crippen LogP contribution in [0.25, 0.3) is 0 Å². The summed E-state index contributed by atoms with van der Waals surface area (Å²) in [5.74, 6) is 0.422. The number of rotatable bonds is 9. The van der Waals surface area contributed by atoms with Crippen LogP contribution in [-0.2, 0) is 16.1 Å². The molecule has 1 N–H and O–H groups in total. The SMILES string of the molecule is O=C(O)COc1cccc2c1CCCC2/C=C/CO/N=C(\c1cccnc1)C1CCCCC1. The average molecular weight is 449 g/mol. The molecule has 2 aromatic rings. The van der Waals surface area contributed by atoms with Crippen molar-refractivity contribution in [2.24, 2.45) is 11.1 Å². The Labute approximate surface area is 195 Å². The Morgan fingerprint density at radius 1 is 1.12 bits per heavy atom. The minimum absolute atomic E-state index is 0.269. The Kier molecular flexibility index (Phi) is 8.12. The summed E-state index contributed by atoms with van der Waals surface area (Å²) in [7, 11) is 0. The number of hydrogen-bond acceptors (Lipinski definition) is 5. The smallest absolute Gasteiger partial charge is 0.341 e. The molecule has 0 saturated heterocycles. The summed E-state index contributed by atoms with van der Waals surface area (Å²) in [5, 5.41) is 13.5. The highest BCUT2D eigenvalue weighted by molar-refractivity contribution is 6.01. The molecule has 0 radical (unpaired) electrons. The standard InChI is InChI=1S/C27H32N2O4/c30-26(31)19-32-25-15-5-13-23-20(10-4-14-24(23)25)12-7-17-33-29-27(21-8-2-1-3-9-21)22-11-6-16-28-18-22/h5-7,11-13,15-16,18,20-21H,1-4,8-10,14,17,19H2,(H,30,31)/b12-7+,29-27-. The van der Waals surface area contributed by atoms with Gasteiger partial charge in [0.05, 0.1) is 5.71 Å². The van der Waals surface area contributed by atoms with Gasteiger partial charge in [-0.05, 0) is 67.5 Å². The summed E-state index contributed by atoms with van der Waals surface area (Å²) in [6.45, 7) is 0.0978. The van der Waals surface area contributed by atoms with E-state index in [0.29, 0.717) is 18.3 Å². The van der Waals surface area contributed by atoms with Gasteiger partial charge in [0.25, 0.3) is 0 Å². The van der Waals surface area contributed by atoms with Crippen molar-refractivity contribution in [1.29, 1.82) is 0 Å². The normalized spacial score (nSPS) is 19.3. The van der Waals surface area contributed by atoms with E-state index in [2.05, 4.69) is 28.3 Å². The number of carboxylic acids is 1. The summed E-state index contributed by atoms with van der Waals surface area (Å²) in [6, 6.07) is 9.91. The van der Waals surface area contributed by atoms with Gasteiger partial charge in [0.2, 0.25) is 0 Å². The first kappa shape index (κ1) is 23.0. The van der Waals surface area contributed by atoms with Crippen LogP contribution in [0.1, 0.15) is 67.6 Å². The molecule has 0 aliphatic heterocycles. The number of benzene rings is 1. The number of nitrogens with zero attached hydrogens (tertiary/aromatic N) is 2. The van der Waals surface area contributed by atoms with Crippen LogP contribution in [-0.4, -0.2) is 35.0 Å². The molecule has 0 amide bonds. The summed E-state index contributed by atoms with van der Waals surface area (Å²) in [4.78, 5) is 20.9. The van der Waals surface area contributed by atoms with E-state index in [1.807, 2.05) is 30.5 Å². The lowest BCUT2D eigenvalue weighted by atomic mass is 9.82. The maximum Gasteiger partial charge on any atom is 0.341 e. The van der Waals surface area contributed by atoms with Crippen molar-refractivity contribution in [2.75, 3.05) is 13.2 Å². The molecule has 4 rings (SSSR count). The van der Waals surface area contributed by atoms with Crippen LogP contribution < -0.4 is 4.74 Å². The molecule has 1 aromatic carbocycles. The minimum Gasteiger partial charge on any atom is -0.482 e. The Morgan fingerprint density at radius 2 is 2.00 bits per heavy atom. The van der Waals surface area contributed by atoms with Crippen molar-refractivity contribution in [3.8, 4) is 5.75 Å². The highest BCUT2D eigenvalue weighted by atomic mass is 16.6. The molecule has 6 nitrogen and oxygen atoms in total. The molecule has 1 heterocycles. The van der Waals surface area contributed by atoms with Gasteiger partial charge in [0.15, 0.2) is 6.61 Å². The van der Waals surface area contributed by atoms with Crippen LogP contribution in [0.15, 0.2) is 60.0 Å². The lowest BCUT2D eigenvalue weighted by Crippen LogP contribution is -2.19. The number of aromatic nitrogens is 1. The number of allylic oxidation sites excluding steroid dienone is 1. The van der Waals surface area contributed by atoms with E-state index in [4.69, 9.17) is 14.7 Å². The fraction of sp³-hybridized carbons (Fsp3) is 0.444. The quantitative estimate of drug-likeness (QED) is 0.236. The van der Waals surface area contributed by atoms with Gasteiger partial charge in [-0.15, -0.1) is 0 Å². The van der Waals surface area contributed by atoms with Crippen LogP contribution in [0.2, 0.25) is 0 Å². The minimum atomic E-state index is -0.962. The second-order valence-corrected chi connectivity index (χ2v) is 8.78. The van der Waals surface area contributed by atoms with Gasteiger partial charge in [0.1, 0.15) is 12.4 Å². The van der Waals surface area contributed by atoms with Crippen LogP contribution >= 0.6 is 0 Å². The molecule has 0 bridgehead atoms. The zero-order chi connectivity index (χ0) is 22.9. The second kappa shape index (κ2) is 11.6. The average Bonchev–Trinajstić information content (AvgIpc) is 2.86. The van der Waals surface area contributed by atoms with E-state index in [0.717, 1.165) is 48.9 Å². The van der Waals surface area contributed by atoms with E-state index in [1.165, 1.54) is 24.8 Å². The molecule has 6 heteroatoms. The highest BCUT2D eigenvalue weighted by Crippen LogP contribution is 2.37. The summed E-state index contributed by atoms with van der Waals surface area (Å²) >= 11 is 0. The van der Waals surface area contributed by atoms with Crippen molar-refractivity contribution in [3.63, 3.8) is 0 Å². The first-order valence-corrected chi connectivity index (χ1v) is 12.0. The molecule has 2 aliphatic carbocycles. The monoisotopic (exact) mass is 448 g/mol. The van der Waals surface area contributed by atoms with Crippen LogP contribution in [0.5, 0.6) is 5.75 Å². The van der Waals surface area contributed by atoms with Crippen molar-refractivity contribution in [1.82, 2.24) is 4.98 Å². The number of pyridine rings is 1. The number of hydrogen-bond donors (Lipinski definition) is 1. The lowest BCUT2D eigenvalue weighted by molar-refractivity contribution is -0.139. The molecule has 174 valence electrons. The number of ether oxygens (including phenoxy) is 1. The molecule has 1 saturated carbocycles. The van der Waals surface area contributed by atoms with E-state index >= 15 is 0 Å². The third-order valence-electron chi connectivity index (χ3n) is 6.51. The fourth-order valence-corrected chi connectivity index (χ4v) is 4.95. The van der Waals surface area contributed by atoms with Crippen molar-refractivity contribution in [3.05, 3.63) is 71.6 Å². The van der Waals surface area contributed by atoms with Gasteiger partial charge in [-0.1, -0.05) is 42.6 Å². The van der Waals surface area contributed by atoms with E-state index in [9.17, 15) is 4.79 Å². The highest BCUT2D eigenvalue weighted by Gasteiger charge is 2.22. The van der Waals surface area contributed by atoms with Crippen molar-refractivity contribution in [2.45, 2.75) is 57.3 Å².